The molecule has 2 aromatic rings. The third kappa shape index (κ3) is 3.35. The Balaban J connectivity index is 2.50. The normalized spacial score (nSPS) is 12.0. The third-order valence-electron chi connectivity index (χ3n) is 3.61. The summed E-state index contributed by atoms with van der Waals surface area (Å²) in [7, 11) is 3.28. The first-order valence-electron chi connectivity index (χ1n) is 6.85. The molecule has 0 saturated carbocycles. The van der Waals surface area contributed by atoms with Crippen molar-refractivity contribution in [1.82, 2.24) is 5.43 Å². The van der Waals surface area contributed by atoms with Crippen LogP contribution in [-0.2, 0) is 0 Å². The summed E-state index contributed by atoms with van der Waals surface area (Å²) in [6.45, 7) is 4.17. The molecule has 112 valence electrons. The maximum Gasteiger partial charge on any atom is 0.122 e. The zero-order valence-corrected chi connectivity index (χ0v) is 12.9. The zero-order valence-electron chi connectivity index (χ0n) is 12.9. The minimum Gasteiger partial charge on any atom is -0.497 e. The van der Waals surface area contributed by atoms with E-state index in [0.717, 1.165) is 22.6 Å². The molecule has 3 N–H and O–H groups in total. The lowest BCUT2D eigenvalue weighted by Crippen LogP contribution is -2.29. The first kappa shape index (κ1) is 15.4. The molecule has 0 fully saturated rings. The number of nitrogens with one attached hydrogen (secondary N) is 1. The van der Waals surface area contributed by atoms with Crippen molar-refractivity contribution in [3.63, 3.8) is 0 Å². The smallest absolute Gasteiger partial charge is 0.122 e. The van der Waals surface area contributed by atoms with Crippen molar-refractivity contribution in [3.8, 4) is 11.5 Å². The molecule has 0 saturated heterocycles. The predicted octanol–water partition coefficient (Wildman–Crippen LogP) is 2.87. The molecule has 0 aliphatic heterocycles. The van der Waals surface area contributed by atoms with Crippen LogP contribution >= 0.6 is 0 Å². The van der Waals surface area contributed by atoms with Gasteiger partial charge in [-0.2, -0.15) is 0 Å². The molecule has 1 atom stereocenters. The summed E-state index contributed by atoms with van der Waals surface area (Å²) in [6, 6.07) is 12.0. The molecule has 21 heavy (non-hydrogen) atoms. The highest BCUT2D eigenvalue weighted by Crippen LogP contribution is 2.31. The number of aryl methyl sites for hydroxylation is 2. The van der Waals surface area contributed by atoms with Crippen LogP contribution in [0.15, 0.2) is 36.4 Å². The monoisotopic (exact) mass is 286 g/mol. The van der Waals surface area contributed by atoms with Crippen LogP contribution in [0.4, 0.5) is 0 Å². The van der Waals surface area contributed by atoms with Gasteiger partial charge >= 0.3 is 0 Å². The standard InChI is InChI=1S/C17H22N2O2/c1-11-5-6-16(12(2)7-11)17(19-18)13-8-14(20-3)10-15(9-13)21-4/h5-10,17,19H,18H2,1-4H3. The molecule has 0 bridgehead atoms. The maximum atomic E-state index is 5.80. The SMILES string of the molecule is COc1cc(OC)cc(C(NN)c2ccc(C)cc2C)c1. The molecular weight excluding hydrogens is 264 g/mol. The third-order valence-corrected chi connectivity index (χ3v) is 3.61. The van der Waals surface area contributed by atoms with Crippen molar-refractivity contribution >= 4 is 0 Å². The molecule has 4 heteroatoms. The number of hydrazine groups is 1. The lowest BCUT2D eigenvalue weighted by Gasteiger charge is -2.21. The highest BCUT2D eigenvalue weighted by atomic mass is 16.5. The van der Waals surface area contributed by atoms with Crippen molar-refractivity contribution in [2.75, 3.05) is 14.2 Å². The Hall–Kier alpha value is -2.04. The van der Waals surface area contributed by atoms with E-state index in [0.29, 0.717) is 0 Å². The Bertz CT molecular complexity index is 604. The number of nitrogens with two attached hydrogens (primary N) is 1. The van der Waals surface area contributed by atoms with E-state index >= 15 is 0 Å². The summed E-state index contributed by atoms with van der Waals surface area (Å²) in [5, 5.41) is 0. The zero-order chi connectivity index (χ0) is 15.4. The number of hydrogen-bond donors (Lipinski definition) is 2. The van der Waals surface area contributed by atoms with E-state index < -0.39 is 0 Å². The van der Waals surface area contributed by atoms with Crippen LogP contribution in [0.3, 0.4) is 0 Å². The van der Waals surface area contributed by atoms with Crippen LogP contribution in [0.2, 0.25) is 0 Å². The second-order valence-electron chi connectivity index (χ2n) is 5.11. The van der Waals surface area contributed by atoms with Crippen LogP contribution in [0.5, 0.6) is 11.5 Å². The Morgan fingerprint density at radius 1 is 0.952 bits per heavy atom. The number of methoxy groups -OCH3 is 2. The second kappa shape index (κ2) is 6.61. The van der Waals surface area contributed by atoms with E-state index in [1.165, 1.54) is 11.1 Å². The molecule has 0 heterocycles. The molecule has 0 amide bonds. The van der Waals surface area contributed by atoms with Gasteiger partial charge in [0.25, 0.3) is 0 Å². The van der Waals surface area contributed by atoms with E-state index in [1.54, 1.807) is 14.2 Å². The Morgan fingerprint density at radius 3 is 2.05 bits per heavy atom. The van der Waals surface area contributed by atoms with Crippen molar-refractivity contribution in [1.29, 1.82) is 0 Å². The van der Waals surface area contributed by atoms with Gasteiger partial charge in [0.05, 0.1) is 20.3 Å². The summed E-state index contributed by atoms with van der Waals surface area (Å²) >= 11 is 0. The molecule has 0 aromatic heterocycles. The molecule has 2 aromatic carbocycles. The lowest BCUT2D eigenvalue weighted by molar-refractivity contribution is 0.392. The summed E-state index contributed by atoms with van der Waals surface area (Å²) in [4.78, 5) is 0. The quantitative estimate of drug-likeness (QED) is 0.655. The minimum atomic E-state index is -0.116. The second-order valence-corrected chi connectivity index (χ2v) is 5.11. The summed E-state index contributed by atoms with van der Waals surface area (Å²) < 4.78 is 10.7. The largest absolute Gasteiger partial charge is 0.497 e. The average molecular weight is 286 g/mol. The maximum absolute atomic E-state index is 5.80. The van der Waals surface area contributed by atoms with Crippen LogP contribution < -0.4 is 20.7 Å². The van der Waals surface area contributed by atoms with Gasteiger partial charge in [-0.05, 0) is 42.7 Å². The van der Waals surface area contributed by atoms with E-state index in [1.807, 2.05) is 18.2 Å². The Kier molecular flexibility index (Phi) is 4.83. The van der Waals surface area contributed by atoms with Crippen LogP contribution in [0, 0.1) is 13.8 Å². The molecule has 2 rings (SSSR count). The highest BCUT2D eigenvalue weighted by Gasteiger charge is 2.16. The van der Waals surface area contributed by atoms with Gasteiger partial charge in [0.2, 0.25) is 0 Å². The fourth-order valence-electron chi connectivity index (χ4n) is 2.51. The summed E-state index contributed by atoms with van der Waals surface area (Å²) in [5.41, 5.74) is 7.45. The van der Waals surface area contributed by atoms with Gasteiger partial charge in [-0.3, -0.25) is 5.84 Å². The topological polar surface area (TPSA) is 56.5 Å². The van der Waals surface area contributed by atoms with Gasteiger partial charge in [-0.1, -0.05) is 23.8 Å². The highest BCUT2D eigenvalue weighted by molar-refractivity contribution is 5.45. The van der Waals surface area contributed by atoms with Gasteiger partial charge in [0.15, 0.2) is 0 Å². The molecule has 0 aliphatic rings. The lowest BCUT2D eigenvalue weighted by atomic mass is 9.94. The summed E-state index contributed by atoms with van der Waals surface area (Å²) in [5.74, 6) is 7.28. The van der Waals surface area contributed by atoms with Crippen LogP contribution in [0.1, 0.15) is 28.3 Å². The number of ether oxygens (including phenoxy) is 2. The van der Waals surface area contributed by atoms with Gasteiger partial charge < -0.3 is 9.47 Å². The first-order chi connectivity index (χ1) is 10.1. The van der Waals surface area contributed by atoms with Gasteiger partial charge in [0.1, 0.15) is 11.5 Å². The number of rotatable bonds is 5. The van der Waals surface area contributed by atoms with Crippen LogP contribution in [-0.4, -0.2) is 14.2 Å². The van der Waals surface area contributed by atoms with E-state index in [4.69, 9.17) is 15.3 Å². The molecule has 0 radical (unpaired) electrons. The predicted molar refractivity (Wildman–Crippen MR) is 84.6 cm³/mol. The van der Waals surface area contributed by atoms with Gasteiger partial charge in [-0.25, -0.2) is 5.43 Å². The number of hydrogen-bond acceptors (Lipinski definition) is 4. The van der Waals surface area contributed by atoms with Gasteiger partial charge in [-0.15, -0.1) is 0 Å². The van der Waals surface area contributed by atoms with Crippen molar-refractivity contribution in [2.24, 2.45) is 5.84 Å². The Labute approximate surface area is 125 Å². The van der Waals surface area contributed by atoms with Crippen molar-refractivity contribution in [3.05, 3.63) is 58.7 Å². The minimum absolute atomic E-state index is 0.116. The van der Waals surface area contributed by atoms with Crippen LogP contribution in [0.25, 0.3) is 0 Å². The first-order valence-corrected chi connectivity index (χ1v) is 6.85. The van der Waals surface area contributed by atoms with Crippen molar-refractivity contribution < 1.29 is 9.47 Å². The van der Waals surface area contributed by atoms with E-state index in [9.17, 15) is 0 Å². The average Bonchev–Trinajstić information content (AvgIpc) is 2.49. The molecule has 4 nitrogen and oxygen atoms in total. The molecule has 1 unspecified atom stereocenters. The molecular formula is C17H22N2O2. The summed E-state index contributed by atoms with van der Waals surface area (Å²) in [6.07, 6.45) is 0. The Morgan fingerprint density at radius 2 is 1.57 bits per heavy atom. The number of benzene rings is 2. The molecule has 0 spiro atoms. The fraction of sp³-hybridized carbons (Fsp3) is 0.294. The van der Waals surface area contributed by atoms with E-state index in [2.05, 4.69) is 37.5 Å². The fourth-order valence-corrected chi connectivity index (χ4v) is 2.51. The van der Waals surface area contributed by atoms with Crippen molar-refractivity contribution in [2.45, 2.75) is 19.9 Å². The van der Waals surface area contributed by atoms with Gasteiger partial charge in [0, 0.05) is 6.07 Å². The van der Waals surface area contributed by atoms with E-state index in [-0.39, 0.29) is 6.04 Å². The molecule has 0 aliphatic carbocycles.